The Morgan fingerprint density at radius 3 is 0.750 bits per heavy atom. The summed E-state index contributed by atoms with van der Waals surface area (Å²) in [5.74, 6) is 0. The van der Waals surface area contributed by atoms with Gasteiger partial charge in [-0.05, 0) is 0 Å². The molecule has 0 rings (SSSR count). The minimum Gasteiger partial charge on any atom is 0 e. The van der Waals surface area contributed by atoms with E-state index >= 15 is 0 Å². The normalized spacial score (nSPS) is 0. The van der Waals surface area contributed by atoms with Crippen LogP contribution in [0.2, 0.25) is 0 Å². The second-order valence-electron chi connectivity index (χ2n) is 0. The molecule has 2 radical (unpaired) electrons. The van der Waals surface area contributed by atoms with Crippen LogP contribution in [0.5, 0.6) is 0 Å². The van der Waals surface area contributed by atoms with Crippen LogP contribution >= 0.6 is 0 Å². The first-order valence-corrected chi connectivity index (χ1v) is 0. The van der Waals surface area contributed by atoms with E-state index in [1.165, 1.54) is 0 Å². The zero-order chi connectivity index (χ0) is 0. The second-order valence-corrected chi connectivity index (χ2v) is 0. The molecule has 26 valence electrons. The summed E-state index contributed by atoms with van der Waals surface area (Å²) in [7, 11) is 0. The van der Waals surface area contributed by atoms with Gasteiger partial charge in [-0.3, -0.25) is 0 Å². The van der Waals surface area contributed by atoms with Crippen molar-refractivity contribution in [2.24, 2.45) is 0 Å². The summed E-state index contributed by atoms with van der Waals surface area (Å²) in [4.78, 5) is 0. The van der Waals surface area contributed by atoms with Crippen LogP contribution in [0, 0.1) is 0 Å². The van der Waals surface area contributed by atoms with Crippen molar-refractivity contribution in [3.05, 3.63) is 0 Å². The van der Waals surface area contributed by atoms with Gasteiger partial charge in [-0.2, -0.15) is 0 Å². The first-order valence-electron chi connectivity index (χ1n) is 0. The molecule has 0 amide bonds. The van der Waals surface area contributed by atoms with E-state index in [9.17, 15) is 0 Å². The van der Waals surface area contributed by atoms with Crippen LogP contribution in [0.4, 0.5) is 0 Å². The Balaban J connectivity index is 0. The molecule has 0 saturated carbocycles. The number of rotatable bonds is 0. The Kier molecular flexibility index (Phi) is 140. The maximum atomic E-state index is 0. The molecule has 0 aliphatic heterocycles. The molecule has 0 unspecified atom stereocenters. The quantitative estimate of drug-likeness (QED) is 0.552. The van der Waals surface area contributed by atoms with Crippen LogP contribution in [0.15, 0.2) is 0 Å². The van der Waals surface area contributed by atoms with Crippen molar-refractivity contribution in [2.75, 3.05) is 0 Å². The standard InChI is InChI=1S/Ag.Cu.2Zn. The molecule has 0 bridgehead atoms. The van der Waals surface area contributed by atoms with Crippen LogP contribution < -0.4 is 0 Å². The Morgan fingerprint density at radius 1 is 0.750 bits per heavy atom. The summed E-state index contributed by atoms with van der Waals surface area (Å²) in [6.45, 7) is 0. The van der Waals surface area contributed by atoms with Gasteiger partial charge in [0, 0.05) is 78.4 Å². The van der Waals surface area contributed by atoms with Gasteiger partial charge in [0.25, 0.3) is 0 Å². The van der Waals surface area contributed by atoms with Gasteiger partial charge in [-0.25, -0.2) is 0 Å². The van der Waals surface area contributed by atoms with Crippen LogP contribution in [0.25, 0.3) is 0 Å². The molecule has 0 aliphatic carbocycles. The third kappa shape index (κ3) is 8.82. The van der Waals surface area contributed by atoms with Crippen molar-refractivity contribution >= 4 is 0 Å². The zero-order valence-corrected chi connectivity index (χ0v) is 10.4. The Hall–Kier alpha value is 2.51. The van der Waals surface area contributed by atoms with Gasteiger partial charge in [0.05, 0.1) is 0 Å². The van der Waals surface area contributed by atoms with E-state index in [-0.39, 0.29) is 78.4 Å². The zero-order valence-electron chi connectivity index (χ0n) is 2.02. The predicted octanol–water partition coefficient (Wildman–Crippen LogP) is -0.0100. The summed E-state index contributed by atoms with van der Waals surface area (Å²) in [5.41, 5.74) is 0. The molecule has 0 fully saturated rings. The summed E-state index contributed by atoms with van der Waals surface area (Å²) in [5, 5.41) is 0. The van der Waals surface area contributed by atoms with Gasteiger partial charge >= 0.3 is 0 Å². The van der Waals surface area contributed by atoms with Gasteiger partial charge in [-0.1, -0.05) is 0 Å². The molecule has 4 heteroatoms. The van der Waals surface area contributed by atoms with E-state index in [0.29, 0.717) is 0 Å². The molecule has 4 heavy (non-hydrogen) atoms. The van der Waals surface area contributed by atoms with E-state index in [1.54, 1.807) is 0 Å². The smallest absolute Gasteiger partial charge is 0 e. The number of hydrogen-bond donors (Lipinski definition) is 0. The van der Waals surface area contributed by atoms with Gasteiger partial charge < -0.3 is 0 Å². The average molecular weight is 302 g/mol. The molecule has 0 heterocycles. The monoisotopic (exact) mass is 298 g/mol. The summed E-state index contributed by atoms with van der Waals surface area (Å²) in [6, 6.07) is 0. The first-order chi connectivity index (χ1) is 0. The van der Waals surface area contributed by atoms with Crippen molar-refractivity contribution in [3.8, 4) is 0 Å². The minimum atomic E-state index is 0. The first kappa shape index (κ1) is 31.4. The molecule has 0 nitrogen and oxygen atoms in total. The molecule has 0 aromatic heterocycles. The van der Waals surface area contributed by atoms with Crippen molar-refractivity contribution < 1.29 is 78.4 Å². The summed E-state index contributed by atoms with van der Waals surface area (Å²) in [6.07, 6.45) is 0. The predicted molar refractivity (Wildman–Crippen MR) is 0 cm³/mol. The Morgan fingerprint density at radius 2 is 0.750 bits per heavy atom. The number of hydrogen-bond acceptors (Lipinski definition) is 0. The van der Waals surface area contributed by atoms with Crippen LogP contribution in [-0.4, -0.2) is 0 Å². The van der Waals surface area contributed by atoms with Crippen molar-refractivity contribution in [1.29, 1.82) is 0 Å². The minimum absolute atomic E-state index is 0. The Labute approximate surface area is 77.4 Å². The third-order valence-corrected chi connectivity index (χ3v) is 0. The SMILES string of the molecule is [Ag].[Cu].[Zn].[Zn]. The third-order valence-electron chi connectivity index (χ3n) is 0. The van der Waals surface area contributed by atoms with Gasteiger partial charge in [0.2, 0.25) is 0 Å². The molecule has 0 aromatic carbocycles. The topological polar surface area (TPSA) is 0 Å². The van der Waals surface area contributed by atoms with Crippen molar-refractivity contribution in [3.63, 3.8) is 0 Å². The van der Waals surface area contributed by atoms with Gasteiger partial charge in [0.1, 0.15) is 0 Å². The molecule has 0 spiro atoms. The van der Waals surface area contributed by atoms with Gasteiger partial charge in [-0.15, -0.1) is 0 Å². The molecule has 0 atom stereocenters. The van der Waals surface area contributed by atoms with E-state index in [2.05, 4.69) is 0 Å². The van der Waals surface area contributed by atoms with E-state index in [0.717, 1.165) is 0 Å². The van der Waals surface area contributed by atoms with Crippen LogP contribution in [0.1, 0.15) is 0 Å². The fraction of sp³-hybridized carbons (Fsp3) is 0. The fourth-order valence-electron chi connectivity index (χ4n) is 0. The molecule has 0 N–H and O–H groups in total. The largest absolute Gasteiger partial charge is 0 e. The molecular formula is AgCuZn2. The second kappa shape index (κ2) is 17.8. The van der Waals surface area contributed by atoms with Crippen LogP contribution in [-0.2, 0) is 78.4 Å². The maximum Gasteiger partial charge on any atom is 0 e. The summed E-state index contributed by atoms with van der Waals surface area (Å²) < 4.78 is 0. The van der Waals surface area contributed by atoms with Crippen molar-refractivity contribution in [2.45, 2.75) is 0 Å². The van der Waals surface area contributed by atoms with Gasteiger partial charge in [0.15, 0.2) is 0 Å². The van der Waals surface area contributed by atoms with E-state index < -0.39 is 0 Å². The molecule has 0 saturated heterocycles. The Bertz CT molecular complexity index is 6.00. The fourth-order valence-corrected chi connectivity index (χ4v) is 0. The van der Waals surface area contributed by atoms with Crippen LogP contribution in [0.3, 0.4) is 0 Å². The molecule has 0 aromatic rings. The van der Waals surface area contributed by atoms with E-state index in [1.807, 2.05) is 0 Å². The van der Waals surface area contributed by atoms with Crippen molar-refractivity contribution in [1.82, 2.24) is 0 Å². The van der Waals surface area contributed by atoms with E-state index in [4.69, 9.17) is 0 Å². The maximum absolute atomic E-state index is 0. The molecular weight excluding hydrogens is 302 g/mol. The molecule has 0 aliphatic rings. The summed E-state index contributed by atoms with van der Waals surface area (Å²) >= 11 is 0. The average Bonchev–Trinajstić information content (AvgIpc) is 0.